The fourth-order valence-corrected chi connectivity index (χ4v) is 6.01. The fourth-order valence-electron chi connectivity index (χ4n) is 3.19. The molecule has 2 heterocycles. The summed E-state index contributed by atoms with van der Waals surface area (Å²) in [4.78, 5) is 18.5. The van der Waals surface area contributed by atoms with Crippen LogP contribution in [0.4, 0.5) is 5.69 Å². The molecule has 2 aromatic carbocycles. The van der Waals surface area contributed by atoms with Crippen LogP contribution in [0.3, 0.4) is 0 Å². The molecule has 8 nitrogen and oxygen atoms in total. The summed E-state index contributed by atoms with van der Waals surface area (Å²) in [5, 5.41) is 11.7. The van der Waals surface area contributed by atoms with Crippen molar-refractivity contribution in [2.45, 2.75) is 27.8 Å². The quantitative estimate of drug-likeness (QED) is 0.469. The molecular weight excluding hydrogens is 412 g/mol. The smallest absolute Gasteiger partial charge is 0.270 e. The predicted molar refractivity (Wildman–Crippen MR) is 109 cm³/mol. The van der Waals surface area contributed by atoms with Crippen LogP contribution in [0.5, 0.6) is 0 Å². The first-order valence-electron chi connectivity index (χ1n) is 9.02. The first-order valence-corrected chi connectivity index (χ1v) is 11.3. The zero-order valence-electron chi connectivity index (χ0n) is 15.3. The molecule has 1 aliphatic rings. The molecule has 0 amide bonds. The van der Waals surface area contributed by atoms with E-state index in [0.29, 0.717) is 23.1 Å². The maximum atomic E-state index is 13.1. The van der Waals surface area contributed by atoms with Crippen LogP contribution < -0.4 is 0 Å². The van der Waals surface area contributed by atoms with Crippen molar-refractivity contribution >= 4 is 27.5 Å². The van der Waals surface area contributed by atoms with E-state index in [1.807, 2.05) is 30.3 Å². The van der Waals surface area contributed by atoms with Gasteiger partial charge in [-0.25, -0.2) is 13.4 Å². The van der Waals surface area contributed by atoms with E-state index in [-0.39, 0.29) is 10.6 Å². The molecule has 150 valence electrons. The minimum Gasteiger partial charge on any atom is -0.333 e. The van der Waals surface area contributed by atoms with E-state index in [1.165, 1.54) is 16.4 Å². The number of nitrogens with zero attached hydrogens (tertiary/aromatic N) is 3. The third-order valence-electron chi connectivity index (χ3n) is 4.66. The van der Waals surface area contributed by atoms with Crippen molar-refractivity contribution in [3.05, 3.63) is 64.8 Å². The molecule has 29 heavy (non-hydrogen) atoms. The van der Waals surface area contributed by atoms with Crippen LogP contribution in [0.15, 0.2) is 69.7 Å². The third kappa shape index (κ3) is 4.04. The molecule has 1 saturated heterocycles. The molecule has 4 rings (SSSR count). The summed E-state index contributed by atoms with van der Waals surface area (Å²) in [5.74, 6) is 0. The minimum absolute atomic E-state index is 0.0590. The predicted octanol–water partition coefficient (Wildman–Crippen LogP) is 3.92. The lowest BCUT2D eigenvalue weighted by Gasteiger charge is -2.17. The van der Waals surface area contributed by atoms with Crippen molar-refractivity contribution in [1.82, 2.24) is 14.3 Å². The van der Waals surface area contributed by atoms with Crippen LogP contribution in [-0.2, 0) is 10.0 Å². The number of nitro groups is 1. The van der Waals surface area contributed by atoms with Crippen LogP contribution in [0.25, 0.3) is 11.3 Å². The van der Waals surface area contributed by atoms with Gasteiger partial charge in [0, 0.05) is 30.1 Å². The van der Waals surface area contributed by atoms with Gasteiger partial charge < -0.3 is 4.98 Å². The van der Waals surface area contributed by atoms with E-state index in [0.717, 1.165) is 41.9 Å². The van der Waals surface area contributed by atoms with Gasteiger partial charge in [0.05, 0.1) is 16.8 Å². The summed E-state index contributed by atoms with van der Waals surface area (Å²) in [6.45, 7) is 0.849. The Hall–Kier alpha value is -2.69. The van der Waals surface area contributed by atoms with Crippen molar-refractivity contribution in [2.75, 3.05) is 13.1 Å². The van der Waals surface area contributed by atoms with Crippen LogP contribution in [0, 0.1) is 10.1 Å². The molecule has 0 atom stereocenters. The molecule has 0 aliphatic carbocycles. The van der Waals surface area contributed by atoms with Gasteiger partial charge in [-0.2, -0.15) is 4.31 Å². The van der Waals surface area contributed by atoms with Crippen molar-refractivity contribution in [3.63, 3.8) is 0 Å². The molecule has 10 heteroatoms. The summed E-state index contributed by atoms with van der Waals surface area (Å²) in [6.07, 6.45) is 3.25. The van der Waals surface area contributed by atoms with Gasteiger partial charge >= 0.3 is 0 Å². The number of sulfonamides is 1. The number of H-pyrrole nitrogens is 1. The lowest BCUT2D eigenvalue weighted by molar-refractivity contribution is -0.385. The second-order valence-electron chi connectivity index (χ2n) is 6.57. The Morgan fingerprint density at radius 2 is 1.83 bits per heavy atom. The largest absolute Gasteiger partial charge is 0.333 e. The van der Waals surface area contributed by atoms with Gasteiger partial charge in [-0.15, -0.1) is 0 Å². The zero-order valence-corrected chi connectivity index (χ0v) is 16.9. The highest BCUT2D eigenvalue weighted by Gasteiger charge is 2.31. The minimum atomic E-state index is -3.82. The van der Waals surface area contributed by atoms with Crippen LogP contribution >= 0.6 is 11.8 Å². The lowest BCUT2D eigenvalue weighted by Crippen LogP contribution is -2.28. The number of nitrogens with one attached hydrogen (secondary N) is 1. The Labute approximate surface area is 172 Å². The molecule has 1 fully saturated rings. The number of benzene rings is 2. The monoisotopic (exact) mass is 430 g/mol. The Balaban J connectivity index is 1.70. The number of rotatable bonds is 6. The Kier molecular flexibility index (Phi) is 5.39. The highest BCUT2D eigenvalue weighted by molar-refractivity contribution is 8.00. The maximum Gasteiger partial charge on any atom is 0.270 e. The summed E-state index contributed by atoms with van der Waals surface area (Å²) < 4.78 is 27.6. The molecular formula is C19H18N4O4S2. The molecule has 0 radical (unpaired) electrons. The maximum absolute atomic E-state index is 13.1. The number of hydrogen-bond acceptors (Lipinski definition) is 6. The van der Waals surface area contributed by atoms with Gasteiger partial charge in [-0.3, -0.25) is 10.1 Å². The number of aromatic nitrogens is 2. The van der Waals surface area contributed by atoms with Crippen molar-refractivity contribution in [2.24, 2.45) is 0 Å². The topological polar surface area (TPSA) is 109 Å². The van der Waals surface area contributed by atoms with E-state index in [4.69, 9.17) is 0 Å². The second-order valence-corrected chi connectivity index (χ2v) is 9.51. The van der Waals surface area contributed by atoms with Crippen LogP contribution in [0.2, 0.25) is 0 Å². The van der Waals surface area contributed by atoms with Crippen molar-refractivity contribution in [3.8, 4) is 11.3 Å². The third-order valence-corrected chi connectivity index (χ3v) is 7.71. The number of nitro benzene ring substituents is 1. The lowest BCUT2D eigenvalue weighted by atomic mass is 10.2. The SMILES string of the molecule is O=[N+]([O-])c1ccc(Sc2ncc(-c3ccccc3)[nH]2)c(S(=O)(=O)N2CCCC2)c1. The van der Waals surface area contributed by atoms with E-state index in [1.54, 1.807) is 6.20 Å². The van der Waals surface area contributed by atoms with Crippen molar-refractivity contribution in [1.29, 1.82) is 0 Å². The average molecular weight is 431 g/mol. The highest BCUT2D eigenvalue weighted by Crippen LogP contribution is 2.36. The number of non-ortho nitro benzene ring substituents is 1. The van der Waals surface area contributed by atoms with Crippen molar-refractivity contribution < 1.29 is 13.3 Å². The van der Waals surface area contributed by atoms with Crippen LogP contribution in [0.1, 0.15) is 12.8 Å². The standard InChI is InChI=1S/C19H18N4O4S2/c24-23(25)15-8-9-17(18(12-15)29(26,27)22-10-4-5-11-22)28-19-20-13-16(21-19)14-6-2-1-3-7-14/h1-3,6-9,12-13H,4-5,10-11H2,(H,20,21). The van der Waals surface area contributed by atoms with E-state index in [9.17, 15) is 18.5 Å². The molecule has 1 aromatic heterocycles. The summed E-state index contributed by atoms with van der Waals surface area (Å²) in [7, 11) is -3.82. The molecule has 0 saturated carbocycles. The van der Waals surface area contributed by atoms with Gasteiger partial charge in [-0.1, -0.05) is 42.1 Å². The molecule has 3 aromatic rings. The Morgan fingerprint density at radius 1 is 1.10 bits per heavy atom. The number of hydrogen-bond donors (Lipinski definition) is 1. The summed E-state index contributed by atoms with van der Waals surface area (Å²) in [5.41, 5.74) is 1.51. The zero-order chi connectivity index (χ0) is 20.4. The van der Waals surface area contributed by atoms with E-state index in [2.05, 4.69) is 9.97 Å². The molecule has 1 N–H and O–H groups in total. The molecule has 1 aliphatic heterocycles. The van der Waals surface area contributed by atoms with E-state index < -0.39 is 14.9 Å². The van der Waals surface area contributed by atoms with E-state index >= 15 is 0 Å². The highest BCUT2D eigenvalue weighted by atomic mass is 32.2. The van der Waals surface area contributed by atoms with Crippen LogP contribution in [-0.4, -0.2) is 40.7 Å². The number of aromatic amines is 1. The second kappa shape index (κ2) is 7.97. The Bertz CT molecular complexity index is 1140. The average Bonchev–Trinajstić information content (AvgIpc) is 3.41. The van der Waals surface area contributed by atoms with Gasteiger partial charge in [0.15, 0.2) is 5.16 Å². The molecule has 0 unspecified atom stereocenters. The van der Waals surface area contributed by atoms with Gasteiger partial charge in [0.2, 0.25) is 10.0 Å². The van der Waals surface area contributed by atoms with Gasteiger partial charge in [0.25, 0.3) is 5.69 Å². The summed E-state index contributed by atoms with van der Waals surface area (Å²) in [6, 6.07) is 13.6. The summed E-state index contributed by atoms with van der Waals surface area (Å²) >= 11 is 1.14. The normalized spacial score (nSPS) is 14.9. The van der Waals surface area contributed by atoms with Gasteiger partial charge in [-0.05, 0) is 24.5 Å². The fraction of sp³-hybridized carbons (Fsp3) is 0.211. The molecule has 0 bridgehead atoms. The first-order chi connectivity index (χ1) is 13.9. The first kappa shape index (κ1) is 19.6. The van der Waals surface area contributed by atoms with Gasteiger partial charge in [0.1, 0.15) is 4.90 Å². The molecule has 0 spiro atoms. The number of imidazole rings is 1. The Morgan fingerprint density at radius 3 is 2.52 bits per heavy atom.